The average molecular weight is 607 g/mol. The summed E-state index contributed by atoms with van der Waals surface area (Å²) < 4.78 is 25.5. The minimum atomic E-state index is -0.513. The van der Waals surface area contributed by atoms with E-state index in [1.165, 1.54) is 18.2 Å². The highest BCUT2D eigenvalue weighted by molar-refractivity contribution is 14.1. The molecule has 5 nitrogen and oxygen atoms in total. The predicted octanol–water partition coefficient (Wildman–Crippen LogP) is 6.33. The van der Waals surface area contributed by atoms with E-state index in [9.17, 15) is 14.4 Å². The van der Waals surface area contributed by atoms with Crippen LogP contribution in [0.2, 0.25) is 0 Å². The van der Waals surface area contributed by atoms with Gasteiger partial charge in [-0.05, 0) is 104 Å². The van der Waals surface area contributed by atoms with Gasteiger partial charge in [0.2, 0.25) is 0 Å². The van der Waals surface area contributed by atoms with Gasteiger partial charge in [0.15, 0.2) is 0 Å². The normalized spacial score (nSPS) is 10.9. The highest BCUT2D eigenvalue weighted by Gasteiger charge is 2.13. The summed E-state index contributed by atoms with van der Waals surface area (Å²) in [4.78, 5) is 12.5. The van der Waals surface area contributed by atoms with Crippen LogP contribution in [0.25, 0.3) is 6.08 Å². The summed E-state index contributed by atoms with van der Waals surface area (Å²) in [6.45, 7) is 0.276. The van der Waals surface area contributed by atoms with Crippen LogP contribution in [-0.2, 0) is 11.4 Å². The van der Waals surface area contributed by atoms with E-state index in [-0.39, 0.29) is 18.0 Å². The third-order valence-corrected chi connectivity index (χ3v) is 5.73. The Morgan fingerprint density at radius 2 is 1.88 bits per heavy atom. The van der Waals surface area contributed by atoms with Gasteiger partial charge in [-0.25, -0.2) is 4.39 Å². The van der Waals surface area contributed by atoms with Gasteiger partial charge in [-0.1, -0.05) is 12.1 Å². The minimum absolute atomic E-state index is 0.0384. The van der Waals surface area contributed by atoms with Crippen molar-refractivity contribution in [2.75, 3.05) is 12.4 Å². The zero-order chi connectivity index (χ0) is 23.1. The quantitative estimate of drug-likeness (QED) is 0.194. The zero-order valence-electron chi connectivity index (χ0n) is 16.9. The van der Waals surface area contributed by atoms with Gasteiger partial charge in [0.1, 0.15) is 35.6 Å². The molecule has 3 rings (SSSR count). The summed E-state index contributed by atoms with van der Waals surface area (Å²) in [5, 5.41) is 12.2. The van der Waals surface area contributed by atoms with Crippen LogP contribution in [0.1, 0.15) is 11.1 Å². The molecule has 32 heavy (non-hydrogen) atoms. The Morgan fingerprint density at radius 1 is 1.19 bits per heavy atom. The highest BCUT2D eigenvalue weighted by atomic mass is 127. The second-order valence-corrected chi connectivity index (χ2v) is 8.60. The first kappa shape index (κ1) is 23.8. The molecule has 0 unspecified atom stereocenters. The average Bonchev–Trinajstić information content (AvgIpc) is 2.78. The lowest BCUT2D eigenvalue weighted by molar-refractivity contribution is -0.112. The van der Waals surface area contributed by atoms with Gasteiger partial charge in [-0.2, -0.15) is 5.26 Å². The number of benzene rings is 3. The molecule has 0 bridgehead atoms. The first-order chi connectivity index (χ1) is 15.4. The Morgan fingerprint density at radius 3 is 2.47 bits per heavy atom. The molecule has 0 fully saturated rings. The molecule has 8 heteroatoms. The van der Waals surface area contributed by atoms with Crippen molar-refractivity contribution in [1.82, 2.24) is 0 Å². The molecule has 0 aliphatic heterocycles. The molecule has 0 saturated carbocycles. The number of amides is 1. The molecule has 162 valence electrons. The van der Waals surface area contributed by atoms with Gasteiger partial charge in [-0.3, -0.25) is 4.79 Å². The summed E-state index contributed by atoms with van der Waals surface area (Å²) in [6.07, 6.45) is 1.51. The van der Waals surface area contributed by atoms with E-state index in [0.717, 1.165) is 9.13 Å². The monoisotopic (exact) mass is 606 g/mol. The molecule has 0 aromatic heterocycles. The Hall–Kier alpha value is -2.90. The molecule has 3 aromatic rings. The van der Waals surface area contributed by atoms with Crippen LogP contribution in [0, 0.1) is 20.7 Å². The molecule has 0 radical (unpaired) electrons. The first-order valence-electron chi connectivity index (χ1n) is 9.33. The number of anilines is 1. The second-order valence-electron chi connectivity index (χ2n) is 6.58. The maximum atomic E-state index is 13.1. The summed E-state index contributed by atoms with van der Waals surface area (Å²) in [7, 11) is 1.56. The summed E-state index contributed by atoms with van der Waals surface area (Å²) >= 11 is 5.61. The maximum Gasteiger partial charge on any atom is 0.266 e. The SMILES string of the molecule is COc1ccc(NC(=O)/C(C#N)=C\c2cc(Br)c(OCc3ccc(F)cc3)c(I)c2)cc1. The predicted molar refractivity (Wildman–Crippen MR) is 133 cm³/mol. The number of hydrogen-bond donors (Lipinski definition) is 1. The molecule has 0 heterocycles. The number of nitrogens with zero attached hydrogens (tertiary/aromatic N) is 1. The molecule has 1 N–H and O–H groups in total. The van der Waals surface area contributed by atoms with Crippen LogP contribution in [0.3, 0.4) is 0 Å². The Labute approximate surface area is 207 Å². The van der Waals surface area contributed by atoms with Crippen LogP contribution in [0.5, 0.6) is 11.5 Å². The van der Waals surface area contributed by atoms with Gasteiger partial charge in [0, 0.05) is 5.69 Å². The Kier molecular flexibility index (Phi) is 8.25. The van der Waals surface area contributed by atoms with Crippen molar-refractivity contribution in [2.45, 2.75) is 6.61 Å². The van der Waals surface area contributed by atoms with Crippen molar-refractivity contribution in [1.29, 1.82) is 5.26 Å². The third-order valence-electron chi connectivity index (χ3n) is 4.34. The van der Waals surface area contributed by atoms with Crippen LogP contribution in [0.4, 0.5) is 10.1 Å². The van der Waals surface area contributed by atoms with Gasteiger partial charge < -0.3 is 14.8 Å². The topological polar surface area (TPSA) is 71.3 Å². The van der Waals surface area contributed by atoms with Crippen molar-refractivity contribution < 1.29 is 18.7 Å². The molecule has 0 spiro atoms. The highest BCUT2D eigenvalue weighted by Crippen LogP contribution is 2.33. The van der Waals surface area contributed by atoms with Crippen LogP contribution >= 0.6 is 38.5 Å². The van der Waals surface area contributed by atoms with Crippen LogP contribution in [0.15, 0.2) is 70.7 Å². The summed E-state index contributed by atoms with van der Waals surface area (Å²) in [5.74, 6) is 0.471. The number of carbonyl (C=O) groups excluding carboxylic acids is 1. The molecule has 3 aromatic carbocycles. The lowest BCUT2D eigenvalue weighted by Crippen LogP contribution is -2.13. The number of ether oxygens (including phenoxy) is 2. The van der Waals surface area contributed by atoms with E-state index in [1.807, 2.05) is 12.1 Å². The van der Waals surface area contributed by atoms with Crippen molar-refractivity contribution in [3.8, 4) is 17.6 Å². The number of hydrogen-bond acceptors (Lipinski definition) is 4. The number of halogens is 3. The van der Waals surface area contributed by atoms with E-state index in [4.69, 9.17) is 9.47 Å². The van der Waals surface area contributed by atoms with E-state index >= 15 is 0 Å². The smallest absolute Gasteiger partial charge is 0.266 e. The maximum absolute atomic E-state index is 13.1. The van der Waals surface area contributed by atoms with Gasteiger partial charge in [-0.15, -0.1) is 0 Å². The fourth-order valence-corrected chi connectivity index (χ4v) is 4.49. The van der Waals surface area contributed by atoms with E-state index in [1.54, 1.807) is 49.6 Å². The van der Waals surface area contributed by atoms with Crippen molar-refractivity contribution in [3.63, 3.8) is 0 Å². The van der Waals surface area contributed by atoms with Crippen LogP contribution < -0.4 is 14.8 Å². The number of nitriles is 1. The van der Waals surface area contributed by atoms with E-state index in [0.29, 0.717) is 27.2 Å². The first-order valence-corrected chi connectivity index (χ1v) is 11.2. The van der Waals surface area contributed by atoms with Gasteiger partial charge in [0.25, 0.3) is 5.91 Å². The zero-order valence-corrected chi connectivity index (χ0v) is 20.6. The van der Waals surface area contributed by atoms with Crippen molar-refractivity contribution in [3.05, 3.63) is 91.2 Å². The summed E-state index contributed by atoms with van der Waals surface area (Å²) in [5.41, 5.74) is 2.01. The fraction of sp³-hybridized carbons (Fsp3) is 0.0833. The standard InChI is InChI=1S/C24H17BrFIN2O3/c1-31-20-8-6-19(7-9-20)29-24(30)17(13-28)10-16-11-21(25)23(22(27)12-16)32-14-15-2-4-18(26)5-3-15/h2-12H,14H2,1H3,(H,29,30)/b17-10-. The van der Waals surface area contributed by atoms with Crippen molar-refractivity contribution >= 4 is 56.2 Å². The van der Waals surface area contributed by atoms with E-state index < -0.39 is 5.91 Å². The molecule has 1 amide bonds. The number of methoxy groups -OCH3 is 1. The molecule has 0 aliphatic carbocycles. The van der Waals surface area contributed by atoms with E-state index in [2.05, 4.69) is 43.8 Å². The van der Waals surface area contributed by atoms with Crippen molar-refractivity contribution in [2.24, 2.45) is 0 Å². The number of nitrogens with one attached hydrogen (secondary N) is 1. The third kappa shape index (κ3) is 6.31. The molecular weight excluding hydrogens is 590 g/mol. The molecule has 0 aliphatic rings. The number of rotatable bonds is 7. The fourth-order valence-electron chi connectivity index (χ4n) is 2.72. The lowest BCUT2D eigenvalue weighted by Gasteiger charge is -2.12. The lowest BCUT2D eigenvalue weighted by atomic mass is 10.1. The second kappa shape index (κ2) is 11.1. The molecular formula is C24H17BrFIN2O3. The molecule has 0 saturated heterocycles. The minimum Gasteiger partial charge on any atom is -0.497 e. The van der Waals surface area contributed by atoms with Crippen LogP contribution in [-0.4, -0.2) is 13.0 Å². The number of carbonyl (C=O) groups is 1. The van der Waals surface area contributed by atoms with Gasteiger partial charge in [0.05, 0.1) is 15.2 Å². The largest absolute Gasteiger partial charge is 0.497 e. The Balaban J connectivity index is 1.74. The van der Waals surface area contributed by atoms with Gasteiger partial charge >= 0.3 is 0 Å². The Bertz CT molecular complexity index is 1170. The molecule has 0 atom stereocenters. The summed E-state index contributed by atoms with van der Waals surface area (Å²) in [6, 6.07) is 18.4.